The van der Waals surface area contributed by atoms with E-state index in [2.05, 4.69) is 54.0 Å². The van der Waals surface area contributed by atoms with Crippen LogP contribution in [-0.2, 0) is 6.54 Å². The van der Waals surface area contributed by atoms with Crippen LogP contribution in [0, 0.1) is 13.8 Å². The summed E-state index contributed by atoms with van der Waals surface area (Å²) in [6, 6.07) is 22.6. The maximum atomic E-state index is 6.08. The molecule has 1 aromatic heterocycles. The van der Waals surface area contributed by atoms with Crippen LogP contribution >= 0.6 is 11.6 Å². The molecule has 0 unspecified atom stereocenters. The quantitative estimate of drug-likeness (QED) is 0.354. The first kappa shape index (κ1) is 18.6. The second-order valence-corrected chi connectivity index (χ2v) is 7.46. The maximum absolute atomic E-state index is 6.08. The van der Waals surface area contributed by atoms with Crippen LogP contribution in [0.25, 0.3) is 22.4 Å². The molecule has 0 saturated heterocycles. The van der Waals surface area contributed by atoms with Gasteiger partial charge in [0.1, 0.15) is 11.6 Å². The Kier molecular flexibility index (Phi) is 5.36. The fourth-order valence-corrected chi connectivity index (χ4v) is 3.46. The van der Waals surface area contributed by atoms with E-state index < -0.39 is 0 Å². The number of ether oxygens (including phenoxy) is 1. The van der Waals surface area contributed by atoms with Crippen LogP contribution in [0.5, 0.6) is 5.75 Å². The number of halogens is 1. The Bertz CT molecular complexity index is 1100. The molecular weight excluding hydrogens is 368 g/mol. The van der Waals surface area contributed by atoms with Gasteiger partial charge < -0.3 is 9.30 Å². The van der Waals surface area contributed by atoms with Crippen LogP contribution in [0.2, 0.25) is 5.02 Å². The molecule has 0 aliphatic carbocycles. The standard InChI is InChI=1S/C24H23ClN2O/c1-17-8-10-19(11-9-17)24-26-22-6-3-4-7-23(22)27(24)14-5-15-28-20-12-13-21(25)18(2)16-20/h3-4,6-13,16H,5,14-15H2,1-2H3. The average Bonchev–Trinajstić information content (AvgIpc) is 3.07. The van der Waals surface area contributed by atoms with Crippen LogP contribution < -0.4 is 4.74 Å². The SMILES string of the molecule is Cc1ccc(-c2nc3ccccc3n2CCCOc2ccc(Cl)c(C)c2)cc1. The van der Waals surface area contributed by atoms with Crippen molar-refractivity contribution in [1.82, 2.24) is 9.55 Å². The van der Waals surface area contributed by atoms with Gasteiger partial charge in [-0.3, -0.25) is 0 Å². The van der Waals surface area contributed by atoms with Gasteiger partial charge in [0.25, 0.3) is 0 Å². The summed E-state index contributed by atoms with van der Waals surface area (Å²) in [5.41, 5.74) is 5.59. The molecule has 3 nitrogen and oxygen atoms in total. The van der Waals surface area contributed by atoms with Crippen molar-refractivity contribution in [1.29, 1.82) is 0 Å². The number of hydrogen-bond acceptors (Lipinski definition) is 2. The van der Waals surface area contributed by atoms with Gasteiger partial charge in [-0.2, -0.15) is 0 Å². The number of rotatable bonds is 6. The number of aromatic nitrogens is 2. The molecule has 0 aliphatic rings. The largest absolute Gasteiger partial charge is 0.494 e. The maximum Gasteiger partial charge on any atom is 0.141 e. The summed E-state index contributed by atoms with van der Waals surface area (Å²) < 4.78 is 8.21. The summed E-state index contributed by atoms with van der Waals surface area (Å²) in [6.45, 7) is 5.57. The van der Waals surface area contributed by atoms with Gasteiger partial charge in [0.05, 0.1) is 17.6 Å². The first-order valence-electron chi connectivity index (χ1n) is 9.53. The number of benzene rings is 3. The van der Waals surface area contributed by atoms with E-state index >= 15 is 0 Å². The molecule has 1 heterocycles. The van der Waals surface area contributed by atoms with Gasteiger partial charge in [-0.05, 0) is 56.2 Å². The second-order valence-electron chi connectivity index (χ2n) is 7.05. The minimum Gasteiger partial charge on any atom is -0.494 e. The monoisotopic (exact) mass is 390 g/mol. The summed E-state index contributed by atoms with van der Waals surface area (Å²) in [7, 11) is 0. The molecule has 4 heteroatoms. The van der Waals surface area contributed by atoms with Crippen LogP contribution in [0.15, 0.2) is 66.7 Å². The third-order valence-electron chi connectivity index (χ3n) is 4.89. The zero-order valence-corrected chi connectivity index (χ0v) is 16.9. The summed E-state index contributed by atoms with van der Waals surface area (Å²) in [4.78, 5) is 4.88. The van der Waals surface area contributed by atoms with Crippen molar-refractivity contribution in [3.05, 3.63) is 82.9 Å². The van der Waals surface area contributed by atoms with E-state index in [-0.39, 0.29) is 0 Å². The molecule has 142 valence electrons. The van der Waals surface area contributed by atoms with E-state index in [0.717, 1.165) is 51.7 Å². The van der Waals surface area contributed by atoms with E-state index in [1.807, 2.05) is 31.2 Å². The molecule has 4 aromatic rings. The minimum atomic E-state index is 0.640. The predicted molar refractivity (Wildman–Crippen MR) is 116 cm³/mol. The van der Waals surface area contributed by atoms with E-state index in [4.69, 9.17) is 21.3 Å². The van der Waals surface area contributed by atoms with Gasteiger partial charge in [0, 0.05) is 17.1 Å². The molecule has 3 aromatic carbocycles. The lowest BCUT2D eigenvalue weighted by molar-refractivity contribution is 0.302. The molecule has 0 saturated carbocycles. The number of hydrogen-bond donors (Lipinski definition) is 0. The Morgan fingerprint density at radius 3 is 2.54 bits per heavy atom. The van der Waals surface area contributed by atoms with Crippen LogP contribution in [0.1, 0.15) is 17.5 Å². The highest BCUT2D eigenvalue weighted by molar-refractivity contribution is 6.31. The molecule has 4 rings (SSSR count). The summed E-state index contributed by atoms with van der Waals surface area (Å²) in [5, 5.41) is 0.764. The van der Waals surface area contributed by atoms with Crippen LogP contribution in [-0.4, -0.2) is 16.2 Å². The first-order valence-corrected chi connectivity index (χ1v) is 9.91. The van der Waals surface area contributed by atoms with Gasteiger partial charge in [0.2, 0.25) is 0 Å². The Morgan fingerprint density at radius 1 is 0.964 bits per heavy atom. The van der Waals surface area contributed by atoms with E-state index in [1.54, 1.807) is 0 Å². The third-order valence-corrected chi connectivity index (χ3v) is 5.31. The molecule has 0 spiro atoms. The van der Waals surface area contributed by atoms with Crippen LogP contribution in [0.3, 0.4) is 0 Å². The van der Waals surface area contributed by atoms with Gasteiger partial charge in [-0.1, -0.05) is 53.6 Å². The summed E-state index contributed by atoms with van der Waals surface area (Å²) in [6.07, 6.45) is 0.890. The van der Waals surface area contributed by atoms with Crippen molar-refractivity contribution in [2.45, 2.75) is 26.8 Å². The van der Waals surface area contributed by atoms with Crippen molar-refractivity contribution in [2.75, 3.05) is 6.61 Å². The zero-order chi connectivity index (χ0) is 19.5. The number of para-hydroxylation sites is 2. The molecule has 0 bridgehead atoms. The topological polar surface area (TPSA) is 27.1 Å². The third kappa shape index (κ3) is 3.90. The lowest BCUT2D eigenvalue weighted by Crippen LogP contribution is -2.06. The zero-order valence-electron chi connectivity index (χ0n) is 16.2. The fraction of sp³-hybridized carbons (Fsp3) is 0.208. The molecule has 0 atom stereocenters. The second kappa shape index (κ2) is 8.07. The van der Waals surface area contributed by atoms with E-state index in [9.17, 15) is 0 Å². The van der Waals surface area contributed by atoms with Crippen molar-refractivity contribution in [3.8, 4) is 17.1 Å². The highest BCUT2D eigenvalue weighted by Gasteiger charge is 2.12. The average molecular weight is 391 g/mol. The Hall–Kier alpha value is -2.78. The highest BCUT2D eigenvalue weighted by Crippen LogP contribution is 2.26. The van der Waals surface area contributed by atoms with Crippen LogP contribution in [0.4, 0.5) is 0 Å². The Morgan fingerprint density at radius 2 is 1.75 bits per heavy atom. The smallest absolute Gasteiger partial charge is 0.141 e. The van der Waals surface area contributed by atoms with Gasteiger partial charge in [0.15, 0.2) is 0 Å². The Labute approximate surface area is 170 Å². The van der Waals surface area contributed by atoms with Crippen molar-refractivity contribution < 1.29 is 4.74 Å². The highest BCUT2D eigenvalue weighted by atomic mass is 35.5. The molecule has 0 N–H and O–H groups in total. The molecule has 28 heavy (non-hydrogen) atoms. The van der Waals surface area contributed by atoms with Crippen molar-refractivity contribution in [2.24, 2.45) is 0 Å². The van der Waals surface area contributed by atoms with Gasteiger partial charge >= 0.3 is 0 Å². The predicted octanol–water partition coefficient (Wildman–Crippen LogP) is 6.44. The lowest BCUT2D eigenvalue weighted by atomic mass is 10.1. The molecular formula is C24H23ClN2O. The van der Waals surface area contributed by atoms with Gasteiger partial charge in [-0.15, -0.1) is 0 Å². The van der Waals surface area contributed by atoms with Gasteiger partial charge in [-0.25, -0.2) is 4.98 Å². The van der Waals surface area contributed by atoms with E-state index in [1.165, 1.54) is 5.56 Å². The Balaban J connectivity index is 1.53. The summed E-state index contributed by atoms with van der Waals surface area (Å²) >= 11 is 6.08. The number of fused-ring (bicyclic) bond motifs is 1. The fourth-order valence-electron chi connectivity index (χ4n) is 3.34. The first-order chi connectivity index (χ1) is 13.6. The minimum absolute atomic E-state index is 0.640. The van der Waals surface area contributed by atoms with Crippen molar-refractivity contribution >= 4 is 22.6 Å². The normalized spacial score (nSPS) is 11.1. The van der Waals surface area contributed by atoms with Crippen molar-refractivity contribution in [3.63, 3.8) is 0 Å². The number of imidazole rings is 1. The molecule has 0 amide bonds. The molecule has 0 radical (unpaired) electrons. The number of aryl methyl sites for hydroxylation is 3. The lowest BCUT2D eigenvalue weighted by Gasteiger charge is -2.11. The molecule has 0 fully saturated rings. The molecule has 0 aliphatic heterocycles. The van der Waals surface area contributed by atoms with E-state index in [0.29, 0.717) is 6.61 Å². The summed E-state index contributed by atoms with van der Waals surface area (Å²) in [5.74, 6) is 1.86. The number of nitrogens with zero attached hydrogens (tertiary/aromatic N) is 2.